The first-order valence-corrected chi connectivity index (χ1v) is 7.41. The zero-order chi connectivity index (χ0) is 16.4. The van der Waals surface area contributed by atoms with Crippen molar-refractivity contribution >= 4 is 11.0 Å². The fourth-order valence-corrected chi connectivity index (χ4v) is 2.47. The van der Waals surface area contributed by atoms with Gasteiger partial charge in [-0.05, 0) is 42.3 Å². The fraction of sp³-hybridized carbons (Fsp3) is 0.222. The molecule has 3 aromatic rings. The fourth-order valence-electron chi connectivity index (χ4n) is 2.47. The molecule has 3 N–H and O–H groups in total. The molecule has 0 radical (unpaired) electrons. The van der Waals surface area contributed by atoms with Crippen LogP contribution in [0.1, 0.15) is 24.4 Å². The van der Waals surface area contributed by atoms with Crippen LogP contribution in [-0.2, 0) is 4.74 Å². The Labute approximate surface area is 134 Å². The third-order valence-corrected chi connectivity index (χ3v) is 4.04. The molecule has 5 heteroatoms. The van der Waals surface area contributed by atoms with Crippen LogP contribution in [0.5, 0.6) is 0 Å². The highest BCUT2D eigenvalue weighted by atomic mass is 16.5. The Morgan fingerprint density at radius 2 is 1.87 bits per heavy atom. The third kappa shape index (κ3) is 2.95. The van der Waals surface area contributed by atoms with Crippen molar-refractivity contribution < 1.29 is 4.74 Å². The lowest BCUT2D eigenvalue weighted by atomic mass is 10.0. The van der Waals surface area contributed by atoms with E-state index in [9.17, 15) is 0 Å². The number of nitriles is 1. The number of methoxy groups -OCH3 is 1. The van der Waals surface area contributed by atoms with Crippen molar-refractivity contribution in [2.45, 2.75) is 19.1 Å². The molecule has 5 nitrogen and oxygen atoms in total. The van der Waals surface area contributed by atoms with Gasteiger partial charge in [0.05, 0.1) is 34.8 Å². The van der Waals surface area contributed by atoms with E-state index in [2.05, 4.69) is 16.0 Å². The Bertz CT molecular complexity index is 861. The van der Waals surface area contributed by atoms with Crippen molar-refractivity contribution in [2.24, 2.45) is 5.73 Å². The second-order valence-corrected chi connectivity index (χ2v) is 5.51. The quantitative estimate of drug-likeness (QED) is 0.775. The minimum absolute atomic E-state index is 0.117. The molecular formula is C18H18N4O. The van der Waals surface area contributed by atoms with Crippen molar-refractivity contribution in [1.82, 2.24) is 9.97 Å². The molecular weight excluding hydrogens is 288 g/mol. The summed E-state index contributed by atoms with van der Waals surface area (Å²) in [5.74, 6) is 0.714. The summed E-state index contributed by atoms with van der Waals surface area (Å²) in [7, 11) is 1.64. The van der Waals surface area contributed by atoms with Gasteiger partial charge in [0, 0.05) is 7.11 Å². The lowest BCUT2D eigenvalue weighted by Gasteiger charge is -2.15. The molecule has 0 aliphatic rings. The molecule has 3 rings (SSSR count). The van der Waals surface area contributed by atoms with E-state index in [0.29, 0.717) is 11.4 Å². The van der Waals surface area contributed by atoms with Crippen LogP contribution < -0.4 is 5.73 Å². The molecule has 0 aliphatic carbocycles. The van der Waals surface area contributed by atoms with Gasteiger partial charge >= 0.3 is 0 Å². The van der Waals surface area contributed by atoms with Crippen LogP contribution in [0.25, 0.3) is 22.2 Å². The van der Waals surface area contributed by atoms with Crippen LogP contribution in [0.15, 0.2) is 42.5 Å². The lowest BCUT2D eigenvalue weighted by Crippen LogP contribution is -2.26. The van der Waals surface area contributed by atoms with Crippen LogP contribution >= 0.6 is 0 Å². The summed E-state index contributed by atoms with van der Waals surface area (Å²) in [5.41, 5.74) is 10.7. The van der Waals surface area contributed by atoms with Gasteiger partial charge in [-0.2, -0.15) is 5.26 Å². The molecule has 0 amide bonds. The first-order valence-electron chi connectivity index (χ1n) is 7.41. The molecule has 0 aliphatic heterocycles. The number of hydrogen-bond acceptors (Lipinski definition) is 4. The number of imidazole rings is 1. The van der Waals surface area contributed by atoms with E-state index in [4.69, 9.17) is 15.7 Å². The highest BCUT2D eigenvalue weighted by Gasteiger charge is 2.18. The predicted octanol–water partition coefficient (Wildman–Crippen LogP) is 3.14. The topological polar surface area (TPSA) is 87.7 Å². The van der Waals surface area contributed by atoms with Gasteiger partial charge in [-0.15, -0.1) is 0 Å². The van der Waals surface area contributed by atoms with Crippen LogP contribution in [0, 0.1) is 11.3 Å². The maximum Gasteiger partial charge on any atom is 0.126 e. The number of hydrogen-bond donors (Lipinski definition) is 2. The van der Waals surface area contributed by atoms with Crippen LogP contribution in [0.3, 0.4) is 0 Å². The van der Waals surface area contributed by atoms with E-state index in [-0.39, 0.29) is 12.1 Å². The Kier molecular flexibility index (Phi) is 4.11. The number of nitrogens with zero attached hydrogens (tertiary/aromatic N) is 2. The standard InChI is InChI=1S/C18H18N4O/c1-11(23-2)17(20)18-21-15-8-7-14(9-16(15)22-18)13-5-3-12(10-19)4-6-13/h3-9,11,17H,20H2,1-2H3,(H,21,22). The van der Waals surface area contributed by atoms with Crippen molar-refractivity contribution in [2.75, 3.05) is 7.11 Å². The Morgan fingerprint density at radius 3 is 2.52 bits per heavy atom. The van der Waals surface area contributed by atoms with Gasteiger partial charge in [-0.25, -0.2) is 4.98 Å². The Hall–Kier alpha value is -2.68. The molecule has 1 heterocycles. The average Bonchev–Trinajstić information content (AvgIpc) is 3.03. The maximum atomic E-state index is 8.87. The SMILES string of the molecule is COC(C)C(N)c1nc2ccc(-c3ccc(C#N)cc3)cc2[nH]1. The summed E-state index contributed by atoms with van der Waals surface area (Å²) >= 11 is 0. The highest BCUT2D eigenvalue weighted by molar-refractivity contribution is 5.82. The predicted molar refractivity (Wildman–Crippen MR) is 89.6 cm³/mol. The van der Waals surface area contributed by atoms with E-state index in [1.807, 2.05) is 49.4 Å². The summed E-state index contributed by atoms with van der Waals surface area (Å²) in [4.78, 5) is 7.82. The summed E-state index contributed by atoms with van der Waals surface area (Å²) in [6.45, 7) is 1.92. The van der Waals surface area contributed by atoms with Crippen LogP contribution in [-0.4, -0.2) is 23.2 Å². The Balaban J connectivity index is 1.97. The molecule has 0 saturated carbocycles. The number of rotatable bonds is 4. The van der Waals surface area contributed by atoms with Gasteiger partial charge < -0.3 is 15.5 Å². The maximum absolute atomic E-state index is 8.87. The molecule has 0 saturated heterocycles. The number of nitrogens with two attached hydrogens (primary N) is 1. The highest BCUT2D eigenvalue weighted by Crippen LogP contribution is 2.25. The van der Waals surface area contributed by atoms with Gasteiger partial charge in [0.1, 0.15) is 5.82 Å². The molecule has 2 atom stereocenters. The largest absolute Gasteiger partial charge is 0.380 e. The Morgan fingerprint density at radius 1 is 1.17 bits per heavy atom. The van der Waals surface area contributed by atoms with Gasteiger partial charge in [-0.1, -0.05) is 18.2 Å². The van der Waals surface area contributed by atoms with Gasteiger partial charge in [0.25, 0.3) is 0 Å². The minimum atomic E-state index is -0.300. The summed E-state index contributed by atoms with van der Waals surface area (Å²) in [5, 5.41) is 8.87. The molecule has 0 spiro atoms. The number of aromatic amines is 1. The summed E-state index contributed by atoms with van der Waals surface area (Å²) < 4.78 is 5.27. The summed E-state index contributed by atoms with van der Waals surface area (Å²) in [6, 6.07) is 15.4. The van der Waals surface area contributed by atoms with E-state index in [1.165, 1.54) is 0 Å². The summed E-state index contributed by atoms with van der Waals surface area (Å²) in [6.07, 6.45) is -0.117. The van der Waals surface area contributed by atoms with E-state index in [0.717, 1.165) is 22.2 Å². The number of H-pyrrole nitrogens is 1. The van der Waals surface area contributed by atoms with Crippen LogP contribution in [0.4, 0.5) is 0 Å². The molecule has 23 heavy (non-hydrogen) atoms. The molecule has 1 aromatic heterocycles. The smallest absolute Gasteiger partial charge is 0.126 e. The number of benzene rings is 2. The van der Waals surface area contributed by atoms with E-state index < -0.39 is 0 Å². The average molecular weight is 306 g/mol. The van der Waals surface area contributed by atoms with Crippen molar-refractivity contribution in [1.29, 1.82) is 5.26 Å². The molecule has 116 valence electrons. The zero-order valence-corrected chi connectivity index (χ0v) is 13.1. The van der Waals surface area contributed by atoms with Gasteiger partial charge in [0.2, 0.25) is 0 Å². The van der Waals surface area contributed by atoms with Crippen molar-refractivity contribution in [3.8, 4) is 17.2 Å². The number of nitrogens with one attached hydrogen (secondary N) is 1. The zero-order valence-electron chi connectivity index (χ0n) is 13.1. The number of ether oxygens (including phenoxy) is 1. The van der Waals surface area contributed by atoms with Crippen molar-refractivity contribution in [3.05, 3.63) is 53.9 Å². The van der Waals surface area contributed by atoms with Crippen LogP contribution in [0.2, 0.25) is 0 Å². The van der Waals surface area contributed by atoms with E-state index in [1.54, 1.807) is 7.11 Å². The van der Waals surface area contributed by atoms with Crippen molar-refractivity contribution in [3.63, 3.8) is 0 Å². The second-order valence-electron chi connectivity index (χ2n) is 5.51. The molecule has 2 unspecified atom stereocenters. The minimum Gasteiger partial charge on any atom is -0.380 e. The first-order chi connectivity index (χ1) is 11.1. The van der Waals surface area contributed by atoms with E-state index >= 15 is 0 Å². The second kappa shape index (κ2) is 6.21. The van der Waals surface area contributed by atoms with Gasteiger partial charge in [0.15, 0.2) is 0 Å². The number of aromatic nitrogens is 2. The molecule has 0 fully saturated rings. The normalized spacial score (nSPS) is 13.7. The lowest BCUT2D eigenvalue weighted by molar-refractivity contribution is 0.0935. The molecule has 0 bridgehead atoms. The number of fused-ring (bicyclic) bond motifs is 1. The van der Waals surface area contributed by atoms with Gasteiger partial charge in [-0.3, -0.25) is 0 Å². The first kappa shape index (κ1) is 15.2. The monoisotopic (exact) mass is 306 g/mol. The third-order valence-electron chi connectivity index (χ3n) is 4.04. The molecule has 2 aromatic carbocycles.